The van der Waals surface area contributed by atoms with Gasteiger partial charge in [-0.3, -0.25) is 0 Å². The van der Waals surface area contributed by atoms with Crippen LogP contribution in [-0.2, 0) is 14.8 Å². The maximum Gasteiger partial charge on any atom is 0.244 e. The molecule has 0 spiro atoms. The molecule has 0 heterocycles. The summed E-state index contributed by atoms with van der Waals surface area (Å²) in [6, 6.07) is 2.73. The molecule has 0 fully saturated rings. The highest BCUT2D eigenvalue weighted by Crippen LogP contribution is 2.34. The van der Waals surface area contributed by atoms with E-state index >= 15 is 0 Å². The first-order valence-corrected chi connectivity index (χ1v) is 7.89. The van der Waals surface area contributed by atoms with Crippen molar-refractivity contribution >= 4 is 38.9 Å². The van der Waals surface area contributed by atoms with Gasteiger partial charge in [0.2, 0.25) is 10.0 Å². The standard InChI is InChI=1S/C12H16Cl2N2O3S/c1-3-6-16(7-8-19-2)20(17,18)10-5-4-9(13)12(15)11(10)14/h3-5H,1,6-8,15H2,2H3. The molecule has 1 rings (SSSR count). The summed E-state index contributed by atoms with van der Waals surface area (Å²) in [6.45, 7) is 4.13. The van der Waals surface area contributed by atoms with E-state index in [0.717, 1.165) is 0 Å². The van der Waals surface area contributed by atoms with E-state index in [0.29, 0.717) is 0 Å². The molecule has 1 aromatic carbocycles. The molecule has 0 aromatic heterocycles. The summed E-state index contributed by atoms with van der Waals surface area (Å²) in [5.41, 5.74) is 5.70. The minimum absolute atomic E-state index is 0.0414. The van der Waals surface area contributed by atoms with Crippen molar-refractivity contribution in [3.8, 4) is 0 Å². The average Bonchev–Trinajstić information content (AvgIpc) is 2.40. The van der Waals surface area contributed by atoms with Crippen molar-refractivity contribution in [3.05, 3.63) is 34.8 Å². The second-order valence-corrected chi connectivity index (χ2v) is 6.61. The SMILES string of the molecule is C=CCN(CCOC)S(=O)(=O)c1ccc(Cl)c(N)c1Cl. The molecule has 0 unspecified atom stereocenters. The highest BCUT2D eigenvalue weighted by molar-refractivity contribution is 7.89. The number of methoxy groups -OCH3 is 1. The van der Waals surface area contributed by atoms with Crippen LogP contribution in [-0.4, -0.2) is 39.5 Å². The Hall–Kier alpha value is -0.790. The molecule has 0 saturated carbocycles. The lowest BCUT2D eigenvalue weighted by Crippen LogP contribution is -2.34. The monoisotopic (exact) mass is 338 g/mol. The van der Waals surface area contributed by atoms with Crippen LogP contribution in [0.2, 0.25) is 10.0 Å². The van der Waals surface area contributed by atoms with E-state index in [2.05, 4.69) is 6.58 Å². The zero-order valence-electron chi connectivity index (χ0n) is 11.0. The van der Waals surface area contributed by atoms with Crippen LogP contribution in [0.15, 0.2) is 29.7 Å². The minimum Gasteiger partial charge on any atom is -0.396 e. The number of nitrogens with two attached hydrogens (primary N) is 1. The van der Waals surface area contributed by atoms with E-state index < -0.39 is 10.0 Å². The van der Waals surface area contributed by atoms with E-state index in [1.165, 1.54) is 29.6 Å². The van der Waals surface area contributed by atoms with Gasteiger partial charge in [0.1, 0.15) is 4.90 Å². The molecular weight excluding hydrogens is 323 g/mol. The fourth-order valence-corrected chi connectivity index (χ4v) is 3.67. The summed E-state index contributed by atoms with van der Waals surface area (Å²) in [7, 11) is -2.30. The molecule has 0 atom stereocenters. The number of hydrogen-bond donors (Lipinski definition) is 1. The third-order valence-electron chi connectivity index (χ3n) is 2.59. The molecule has 0 amide bonds. The van der Waals surface area contributed by atoms with Gasteiger partial charge in [-0.05, 0) is 12.1 Å². The molecule has 2 N–H and O–H groups in total. The van der Waals surface area contributed by atoms with Gasteiger partial charge < -0.3 is 10.5 Å². The van der Waals surface area contributed by atoms with Gasteiger partial charge >= 0.3 is 0 Å². The molecular formula is C12H16Cl2N2O3S. The molecule has 0 saturated heterocycles. The summed E-state index contributed by atoms with van der Waals surface area (Å²) in [6.07, 6.45) is 1.49. The van der Waals surface area contributed by atoms with Crippen LogP contribution >= 0.6 is 23.2 Å². The Balaban J connectivity index is 3.26. The first kappa shape index (κ1) is 17.3. The van der Waals surface area contributed by atoms with Crippen molar-refractivity contribution < 1.29 is 13.2 Å². The van der Waals surface area contributed by atoms with E-state index in [4.69, 9.17) is 33.7 Å². The molecule has 8 heteroatoms. The Kier molecular flexibility index (Phi) is 6.29. The number of nitrogens with zero attached hydrogens (tertiary/aromatic N) is 1. The number of halogens is 2. The van der Waals surface area contributed by atoms with Gasteiger partial charge in [-0.2, -0.15) is 4.31 Å². The van der Waals surface area contributed by atoms with Crippen molar-refractivity contribution in [1.82, 2.24) is 4.31 Å². The van der Waals surface area contributed by atoms with E-state index in [9.17, 15) is 8.42 Å². The number of ether oxygens (including phenoxy) is 1. The summed E-state index contributed by atoms with van der Waals surface area (Å²) in [5, 5.41) is 0.130. The van der Waals surface area contributed by atoms with E-state index in [-0.39, 0.29) is 40.3 Å². The number of nitrogen functional groups attached to an aromatic ring is 1. The highest BCUT2D eigenvalue weighted by atomic mass is 35.5. The lowest BCUT2D eigenvalue weighted by atomic mass is 10.3. The molecule has 20 heavy (non-hydrogen) atoms. The molecule has 112 valence electrons. The van der Waals surface area contributed by atoms with Crippen molar-refractivity contribution in [2.45, 2.75) is 4.90 Å². The van der Waals surface area contributed by atoms with Crippen molar-refractivity contribution in [2.24, 2.45) is 0 Å². The van der Waals surface area contributed by atoms with E-state index in [1.54, 1.807) is 0 Å². The molecule has 5 nitrogen and oxygen atoms in total. The minimum atomic E-state index is -3.79. The second kappa shape index (κ2) is 7.28. The Labute approximate surface area is 129 Å². The number of sulfonamides is 1. The fourth-order valence-electron chi connectivity index (χ4n) is 1.53. The third kappa shape index (κ3) is 3.65. The normalized spacial score (nSPS) is 11.8. The smallest absolute Gasteiger partial charge is 0.244 e. The predicted molar refractivity (Wildman–Crippen MR) is 81.7 cm³/mol. The molecule has 0 aliphatic heterocycles. The Morgan fingerprint density at radius 3 is 2.65 bits per heavy atom. The quantitative estimate of drug-likeness (QED) is 0.612. The van der Waals surface area contributed by atoms with Gasteiger partial charge in [-0.25, -0.2) is 8.42 Å². The largest absolute Gasteiger partial charge is 0.396 e. The zero-order chi connectivity index (χ0) is 15.3. The number of anilines is 1. The molecule has 0 bridgehead atoms. The lowest BCUT2D eigenvalue weighted by Gasteiger charge is -2.21. The van der Waals surface area contributed by atoms with Crippen molar-refractivity contribution in [3.63, 3.8) is 0 Å². The van der Waals surface area contributed by atoms with Gasteiger partial charge in [0, 0.05) is 20.2 Å². The van der Waals surface area contributed by atoms with Gasteiger partial charge in [0.15, 0.2) is 0 Å². The summed E-state index contributed by atoms with van der Waals surface area (Å²) < 4.78 is 31.2. The lowest BCUT2D eigenvalue weighted by molar-refractivity contribution is 0.182. The molecule has 1 aromatic rings. The Morgan fingerprint density at radius 1 is 1.45 bits per heavy atom. The van der Waals surface area contributed by atoms with Crippen molar-refractivity contribution in [1.29, 1.82) is 0 Å². The summed E-state index contributed by atoms with van der Waals surface area (Å²) in [5.74, 6) is 0. The van der Waals surface area contributed by atoms with Crippen molar-refractivity contribution in [2.75, 3.05) is 32.5 Å². The highest BCUT2D eigenvalue weighted by Gasteiger charge is 2.27. The molecule has 0 aliphatic carbocycles. The average molecular weight is 339 g/mol. The van der Waals surface area contributed by atoms with Crippen LogP contribution in [0.5, 0.6) is 0 Å². The van der Waals surface area contributed by atoms with Gasteiger partial charge in [0.05, 0.1) is 22.3 Å². The Morgan fingerprint density at radius 2 is 2.10 bits per heavy atom. The first-order valence-electron chi connectivity index (χ1n) is 5.69. The number of rotatable bonds is 7. The fraction of sp³-hybridized carbons (Fsp3) is 0.333. The van der Waals surface area contributed by atoms with Crippen LogP contribution in [0.4, 0.5) is 5.69 Å². The first-order chi connectivity index (χ1) is 9.36. The zero-order valence-corrected chi connectivity index (χ0v) is 13.3. The topological polar surface area (TPSA) is 72.6 Å². The van der Waals surface area contributed by atoms with Crippen LogP contribution < -0.4 is 5.73 Å². The third-order valence-corrected chi connectivity index (χ3v) is 5.34. The molecule has 0 radical (unpaired) electrons. The number of hydrogen-bond acceptors (Lipinski definition) is 4. The Bertz CT molecular complexity index is 591. The van der Waals surface area contributed by atoms with Crippen LogP contribution in [0.1, 0.15) is 0 Å². The van der Waals surface area contributed by atoms with Crippen LogP contribution in [0.25, 0.3) is 0 Å². The maximum absolute atomic E-state index is 12.6. The second-order valence-electron chi connectivity index (χ2n) is 3.92. The summed E-state index contributed by atoms with van der Waals surface area (Å²) >= 11 is 11.8. The van der Waals surface area contributed by atoms with Gasteiger partial charge in [-0.1, -0.05) is 29.3 Å². The number of benzene rings is 1. The van der Waals surface area contributed by atoms with Crippen LogP contribution in [0, 0.1) is 0 Å². The predicted octanol–water partition coefficient (Wildman–Crippen LogP) is 2.40. The van der Waals surface area contributed by atoms with Gasteiger partial charge in [0.25, 0.3) is 0 Å². The van der Waals surface area contributed by atoms with Gasteiger partial charge in [-0.15, -0.1) is 6.58 Å². The molecule has 0 aliphatic rings. The summed E-state index contributed by atoms with van der Waals surface area (Å²) in [4.78, 5) is -0.0842. The van der Waals surface area contributed by atoms with Crippen LogP contribution in [0.3, 0.4) is 0 Å². The maximum atomic E-state index is 12.6. The van der Waals surface area contributed by atoms with E-state index in [1.807, 2.05) is 0 Å².